The van der Waals surface area contributed by atoms with Gasteiger partial charge in [0.05, 0.1) is 13.7 Å². The number of hydrogen-bond acceptors (Lipinski definition) is 3. The number of nitrogens with zero attached hydrogens (tertiary/aromatic N) is 1. The van der Waals surface area contributed by atoms with E-state index in [0.29, 0.717) is 18.8 Å². The SMILES string of the molecule is [2H][C@]1(c2cccc(C)n2)CNCCO1. The van der Waals surface area contributed by atoms with E-state index in [0.717, 1.165) is 12.2 Å². The zero-order valence-corrected chi connectivity index (χ0v) is 7.71. The Hall–Kier alpha value is -0.930. The summed E-state index contributed by atoms with van der Waals surface area (Å²) >= 11 is 0. The van der Waals surface area contributed by atoms with Gasteiger partial charge in [0, 0.05) is 18.8 Å². The molecule has 70 valence electrons. The Bertz CT molecular complexity index is 324. The molecule has 1 N–H and O–H groups in total. The van der Waals surface area contributed by atoms with Crippen molar-refractivity contribution in [2.75, 3.05) is 19.7 Å². The highest BCUT2D eigenvalue weighted by molar-refractivity contribution is 5.12. The van der Waals surface area contributed by atoms with Crippen molar-refractivity contribution < 1.29 is 6.11 Å². The molecule has 1 aliphatic heterocycles. The summed E-state index contributed by atoms with van der Waals surface area (Å²) in [6.45, 7) is 3.80. The number of morpholine rings is 1. The van der Waals surface area contributed by atoms with Crippen LogP contribution in [0.5, 0.6) is 0 Å². The molecule has 3 nitrogen and oxygen atoms in total. The molecule has 1 aromatic rings. The Morgan fingerprint density at radius 2 is 2.62 bits per heavy atom. The quantitative estimate of drug-likeness (QED) is 0.699. The Labute approximate surface area is 79.5 Å². The van der Waals surface area contributed by atoms with Crippen molar-refractivity contribution in [3.63, 3.8) is 0 Å². The molecule has 1 saturated heterocycles. The smallest absolute Gasteiger partial charge is 0.112 e. The molecule has 13 heavy (non-hydrogen) atoms. The summed E-state index contributed by atoms with van der Waals surface area (Å²) in [4.78, 5) is 4.32. The maximum atomic E-state index is 8.11. The Kier molecular flexibility index (Phi) is 2.21. The van der Waals surface area contributed by atoms with Gasteiger partial charge in [-0.15, -0.1) is 0 Å². The van der Waals surface area contributed by atoms with Crippen LogP contribution in [0.25, 0.3) is 0 Å². The van der Waals surface area contributed by atoms with Crippen LogP contribution in [0.3, 0.4) is 0 Å². The average molecular weight is 179 g/mol. The molecule has 0 radical (unpaired) electrons. The maximum Gasteiger partial charge on any atom is 0.112 e. The lowest BCUT2D eigenvalue weighted by Crippen LogP contribution is -2.33. The second-order valence-corrected chi connectivity index (χ2v) is 3.11. The minimum Gasteiger partial charge on any atom is -0.369 e. The van der Waals surface area contributed by atoms with Gasteiger partial charge in [-0.25, -0.2) is 0 Å². The third-order valence-corrected chi connectivity index (χ3v) is 2.01. The van der Waals surface area contributed by atoms with E-state index in [1.807, 2.05) is 25.1 Å². The first-order valence-corrected chi connectivity index (χ1v) is 4.49. The van der Waals surface area contributed by atoms with Crippen molar-refractivity contribution >= 4 is 0 Å². The maximum absolute atomic E-state index is 8.11. The highest BCUT2D eigenvalue weighted by Gasteiger charge is 2.16. The van der Waals surface area contributed by atoms with E-state index in [1.165, 1.54) is 0 Å². The monoisotopic (exact) mass is 179 g/mol. The molecule has 0 bridgehead atoms. The van der Waals surface area contributed by atoms with E-state index >= 15 is 0 Å². The molecule has 1 fully saturated rings. The van der Waals surface area contributed by atoms with Crippen LogP contribution in [0, 0.1) is 6.92 Å². The first kappa shape index (κ1) is 7.47. The minimum atomic E-state index is -1.01. The average Bonchev–Trinajstić information content (AvgIpc) is 2.19. The molecule has 0 amide bonds. The van der Waals surface area contributed by atoms with Gasteiger partial charge in [0.15, 0.2) is 0 Å². The first-order chi connectivity index (χ1) is 6.71. The normalized spacial score (nSPS) is 29.8. The van der Waals surface area contributed by atoms with Crippen LogP contribution in [0.15, 0.2) is 18.2 Å². The number of nitrogens with one attached hydrogen (secondary N) is 1. The van der Waals surface area contributed by atoms with Crippen LogP contribution in [0.4, 0.5) is 0 Å². The van der Waals surface area contributed by atoms with E-state index in [2.05, 4.69) is 10.3 Å². The molecule has 0 spiro atoms. The molecular formula is C10H14N2O. The summed E-state index contributed by atoms with van der Waals surface area (Å²) in [5.41, 5.74) is 1.60. The zero-order valence-electron chi connectivity index (χ0n) is 8.71. The second-order valence-electron chi connectivity index (χ2n) is 3.11. The van der Waals surface area contributed by atoms with Gasteiger partial charge in [0.25, 0.3) is 0 Å². The van der Waals surface area contributed by atoms with Crippen LogP contribution in [0.1, 0.15) is 18.8 Å². The van der Waals surface area contributed by atoms with Crippen LogP contribution < -0.4 is 5.32 Å². The molecule has 1 atom stereocenters. The molecule has 0 saturated carbocycles. The van der Waals surface area contributed by atoms with Gasteiger partial charge in [0.2, 0.25) is 0 Å². The number of aryl methyl sites for hydroxylation is 1. The summed E-state index contributed by atoms with van der Waals surface area (Å²) < 4.78 is 13.6. The molecule has 0 aromatic carbocycles. The molecule has 1 aliphatic rings. The van der Waals surface area contributed by atoms with Crippen molar-refractivity contribution in [2.45, 2.75) is 13.0 Å². The first-order valence-electron chi connectivity index (χ1n) is 4.99. The lowest BCUT2D eigenvalue weighted by atomic mass is 10.2. The fourth-order valence-electron chi connectivity index (χ4n) is 1.36. The van der Waals surface area contributed by atoms with Gasteiger partial charge in [0.1, 0.15) is 6.08 Å². The zero-order chi connectivity index (χ0) is 10.0. The van der Waals surface area contributed by atoms with E-state index in [1.54, 1.807) is 0 Å². The fourth-order valence-corrected chi connectivity index (χ4v) is 1.36. The van der Waals surface area contributed by atoms with Gasteiger partial charge in [-0.1, -0.05) is 6.07 Å². The fraction of sp³-hybridized carbons (Fsp3) is 0.500. The van der Waals surface area contributed by atoms with Crippen molar-refractivity contribution in [3.8, 4) is 0 Å². The summed E-state index contributed by atoms with van der Waals surface area (Å²) in [6.07, 6.45) is -1.01. The number of hydrogen-bond donors (Lipinski definition) is 1. The van der Waals surface area contributed by atoms with Gasteiger partial charge in [-0.05, 0) is 19.1 Å². The molecule has 2 heterocycles. The third-order valence-electron chi connectivity index (χ3n) is 2.01. The van der Waals surface area contributed by atoms with Crippen molar-refractivity contribution in [2.24, 2.45) is 0 Å². The lowest BCUT2D eigenvalue weighted by Gasteiger charge is -2.23. The number of aromatic nitrogens is 1. The van der Waals surface area contributed by atoms with Crippen molar-refractivity contribution in [3.05, 3.63) is 29.6 Å². The third kappa shape index (κ3) is 2.05. The summed E-state index contributed by atoms with van der Waals surface area (Å²) in [6, 6.07) is 5.67. The van der Waals surface area contributed by atoms with E-state index in [-0.39, 0.29) is 0 Å². The van der Waals surface area contributed by atoms with Crippen LogP contribution in [-0.4, -0.2) is 24.7 Å². The molecular weight excluding hydrogens is 164 g/mol. The van der Waals surface area contributed by atoms with Crippen LogP contribution >= 0.6 is 0 Å². The highest BCUT2D eigenvalue weighted by Crippen LogP contribution is 2.16. The van der Waals surface area contributed by atoms with Crippen molar-refractivity contribution in [1.29, 1.82) is 0 Å². The predicted octanol–water partition coefficient (Wildman–Crippen LogP) is 1.05. The number of pyridine rings is 1. The Balaban J connectivity index is 2.28. The summed E-state index contributed by atoms with van der Waals surface area (Å²) in [5, 5.41) is 3.14. The van der Waals surface area contributed by atoms with Gasteiger partial charge < -0.3 is 10.1 Å². The Morgan fingerprint density at radius 3 is 3.31 bits per heavy atom. The number of ether oxygens (including phenoxy) is 1. The topological polar surface area (TPSA) is 34.2 Å². The highest BCUT2D eigenvalue weighted by atomic mass is 16.5. The van der Waals surface area contributed by atoms with Crippen LogP contribution in [0.2, 0.25) is 0 Å². The lowest BCUT2D eigenvalue weighted by molar-refractivity contribution is 0.0249. The van der Waals surface area contributed by atoms with Gasteiger partial charge in [-0.2, -0.15) is 0 Å². The van der Waals surface area contributed by atoms with Crippen LogP contribution in [-0.2, 0) is 4.74 Å². The van der Waals surface area contributed by atoms with Crippen molar-refractivity contribution in [1.82, 2.24) is 10.3 Å². The summed E-state index contributed by atoms with van der Waals surface area (Å²) in [5.74, 6) is 0. The van der Waals surface area contributed by atoms with E-state index in [9.17, 15) is 0 Å². The largest absolute Gasteiger partial charge is 0.369 e. The molecule has 2 rings (SSSR count). The van der Waals surface area contributed by atoms with Gasteiger partial charge in [-0.3, -0.25) is 4.98 Å². The second kappa shape index (κ2) is 3.85. The molecule has 3 heteroatoms. The molecule has 0 aliphatic carbocycles. The number of rotatable bonds is 1. The molecule has 1 aromatic heterocycles. The van der Waals surface area contributed by atoms with Gasteiger partial charge >= 0.3 is 0 Å². The summed E-state index contributed by atoms with van der Waals surface area (Å²) in [7, 11) is 0. The molecule has 0 unspecified atom stereocenters. The van der Waals surface area contributed by atoms with E-state index < -0.39 is 6.08 Å². The van der Waals surface area contributed by atoms with E-state index in [4.69, 9.17) is 6.11 Å². The minimum absolute atomic E-state index is 0.503. The predicted molar refractivity (Wildman–Crippen MR) is 50.5 cm³/mol. The standard InChI is InChI=1S/C10H14N2O/c1-8-3-2-4-9(12-8)10-7-11-5-6-13-10/h2-4,10-11H,5-7H2,1H3/t10-/m1/s1/i10D. The Morgan fingerprint density at radius 1 is 1.69 bits per heavy atom.